The fourth-order valence-corrected chi connectivity index (χ4v) is 5.20. The maximum absolute atomic E-state index is 12.0. The molecule has 0 aliphatic carbocycles. The molecule has 0 spiro atoms. The molecule has 0 aliphatic heterocycles. The van der Waals surface area contributed by atoms with Gasteiger partial charge in [0.1, 0.15) is 11.5 Å². The van der Waals surface area contributed by atoms with E-state index in [9.17, 15) is 15.0 Å². The van der Waals surface area contributed by atoms with Crippen LogP contribution in [0.2, 0.25) is 0 Å². The molecule has 40 heavy (non-hydrogen) atoms. The first-order valence-corrected chi connectivity index (χ1v) is 14.3. The Morgan fingerprint density at radius 1 is 0.675 bits per heavy atom. The van der Waals surface area contributed by atoms with Crippen molar-refractivity contribution in [3.63, 3.8) is 0 Å². The molecule has 2 N–H and O–H groups in total. The number of esters is 1. The third kappa shape index (κ3) is 7.27. The number of hydrogen-bond donors (Lipinski definition) is 2. The van der Waals surface area contributed by atoms with Crippen LogP contribution in [0.15, 0.2) is 48.5 Å². The van der Waals surface area contributed by atoms with Gasteiger partial charge in [-0.05, 0) is 81.0 Å². The topological polar surface area (TPSA) is 66.8 Å². The Morgan fingerprint density at radius 2 is 1.25 bits per heavy atom. The molecular weight excluding hydrogens is 496 g/mol. The number of carbonyl (C=O) groups excluding carboxylic acids is 1. The Morgan fingerprint density at radius 3 is 1.82 bits per heavy atom. The van der Waals surface area contributed by atoms with Crippen LogP contribution >= 0.6 is 0 Å². The number of hydrogen-bond acceptors (Lipinski definition) is 4. The van der Waals surface area contributed by atoms with Gasteiger partial charge in [-0.3, -0.25) is 4.79 Å². The highest BCUT2D eigenvalue weighted by Crippen LogP contribution is 2.43. The lowest BCUT2D eigenvalue weighted by Gasteiger charge is -2.28. The zero-order valence-electron chi connectivity index (χ0n) is 26.2. The van der Waals surface area contributed by atoms with E-state index in [0.717, 1.165) is 45.4 Å². The van der Waals surface area contributed by atoms with Crippen molar-refractivity contribution in [2.45, 2.75) is 104 Å². The van der Waals surface area contributed by atoms with Gasteiger partial charge in [0.15, 0.2) is 0 Å². The Hall–Kier alpha value is -3.27. The molecule has 3 rings (SSSR count). The van der Waals surface area contributed by atoms with Crippen molar-refractivity contribution in [2.75, 3.05) is 7.11 Å². The average Bonchev–Trinajstić information content (AvgIpc) is 2.84. The normalized spacial score (nSPS) is 12.4. The Kier molecular flexibility index (Phi) is 9.13. The van der Waals surface area contributed by atoms with Gasteiger partial charge in [-0.15, -0.1) is 0 Å². The number of phenols is 2. The van der Waals surface area contributed by atoms with Crippen LogP contribution in [0.4, 0.5) is 0 Å². The second-order valence-corrected chi connectivity index (χ2v) is 14.0. The van der Waals surface area contributed by atoms with Gasteiger partial charge >= 0.3 is 5.97 Å². The second kappa shape index (κ2) is 11.7. The standard InChI is InChI=1S/C36H48O4/c1-34(2,3)26-21-28(33(39)30(22-26)36(7,8)9)27-14-12-11-13-23(27)15-16-25-20-31(37)29(35(4,5)6)19-24(25)17-18-32(38)40-10/h11-14,19-22,37,39H,15-18H2,1-10H3. The monoisotopic (exact) mass is 544 g/mol. The largest absolute Gasteiger partial charge is 0.508 e. The summed E-state index contributed by atoms with van der Waals surface area (Å²) in [6.07, 6.45) is 2.25. The number of benzene rings is 3. The molecule has 0 saturated heterocycles. The zero-order chi connectivity index (χ0) is 30.0. The summed E-state index contributed by atoms with van der Waals surface area (Å²) in [6.45, 7) is 19.2. The third-order valence-corrected chi connectivity index (χ3v) is 7.71. The maximum Gasteiger partial charge on any atom is 0.305 e. The lowest BCUT2D eigenvalue weighted by atomic mass is 9.77. The highest BCUT2D eigenvalue weighted by Gasteiger charge is 2.26. The number of phenolic OH excluding ortho intramolecular Hbond substituents is 2. The molecule has 0 radical (unpaired) electrons. The summed E-state index contributed by atoms with van der Waals surface area (Å²) in [7, 11) is 1.41. The lowest BCUT2D eigenvalue weighted by Crippen LogP contribution is -2.17. The Balaban J connectivity index is 2.08. The Labute approximate surface area is 241 Å². The predicted octanol–water partition coefficient (Wildman–Crippen LogP) is 8.55. The predicted molar refractivity (Wildman–Crippen MR) is 165 cm³/mol. The summed E-state index contributed by atoms with van der Waals surface area (Å²) >= 11 is 0. The second-order valence-electron chi connectivity index (χ2n) is 14.0. The van der Waals surface area contributed by atoms with E-state index < -0.39 is 0 Å². The van der Waals surface area contributed by atoms with E-state index in [1.54, 1.807) is 0 Å². The number of rotatable bonds is 7. The van der Waals surface area contributed by atoms with Crippen LogP contribution in [0, 0.1) is 0 Å². The van der Waals surface area contributed by atoms with E-state index in [2.05, 4.69) is 86.6 Å². The average molecular weight is 545 g/mol. The summed E-state index contributed by atoms with van der Waals surface area (Å²) in [6, 6.07) is 16.5. The molecule has 0 fully saturated rings. The van der Waals surface area contributed by atoms with Gasteiger partial charge in [0.25, 0.3) is 0 Å². The minimum atomic E-state index is -0.245. The third-order valence-electron chi connectivity index (χ3n) is 7.71. The van der Waals surface area contributed by atoms with Gasteiger partial charge in [-0.1, -0.05) is 98.7 Å². The molecule has 0 atom stereocenters. The van der Waals surface area contributed by atoms with Crippen LogP contribution in [0.1, 0.15) is 102 Å². The molecule has 0 saturated carbocycles. The minimum absolute atomic E-state index is 0.0712. The highest BCUT2D eigenvalue weighted by atomic mass is 16.5. The first-order chi connectivity index (χ1) is 18.4. The van der Waals surface area contributed by atoms with E-state index in [1.807, 2.05) is 24.3 Å². The van der Waals surface area contributed by atoms with Crippen LogP contribution in [0.25, 0.3) is 11.1 Å². The molecule has 0 heterocycles. The molecule has 0 bridgehead atoms. The number of ether oxygens (including phenoxy) is 1. The van der Waals surface area contributed by atoms with Crippen molar-refractivity contribution >= 4 is 5.97 Å². The van der Waals surface area contributed by atoms with Gasteiger partial charge in [0, 0.05) is 17.5 Å². The van der Waals surface area contributed by atoms with Crippen LogP contribution in [-0.2, 0) is 45.0 Å². The van der Waals surface area contributed by atoms with Crippen molar-refractivity contribution < 1.29 is 19.7 Å². The van der Waals surface area contributed by atoms with Gasteiger partial charge in [-0.2, -0.15) is 0 Å². The van der Waals surface area contributed by atoms with Gasteiger partial charge < -0.3 is 14.9 Å². The van der Waals surface area contributed by atoms with Crippen molar-refractivity contribution in [2.24, 2.45) is 0 Å². The number of methoxy groups -OCH3 is 1. The first kappa shape index (κ1) is 31.3. The summed E-state index contributed by atoms with van der Waals surface area (Å²) in [4.78, 5) is 12.0. The number of aryl methyl sites for hydroxylation is 3. The Bertz CT molecular complexity index is 1360. The van der Waals surface area contributed by atoms with Crippen molar-refractivity contribution in [1.82, 2.24) is 0 Å². The van der Waals surface area contributed by atoms with Gasteiger partial charge in [-0.25, -0.2) is 0 Å². The summed E-state index contributed by atoms with van der Waals surface area (Å²) < 4.78 is 4.89. The molecular formula is C36H48O4. The van der Waals surface area contributed by atoms with Crippen LogP contribution < -0.4 is 0 Å². The molecule has 0 aliphatic rings. The van der Waals surface area contributed by atoms with Crippen molar-refractivity contribution in [3.8, 4) is 22.6 Å². The molecule has 3 aromatic rings. The SMILES string of the molecule is COC(=O)CCc1cc(C(C)(C)C)c(O)cc1CCc1ccccc1-c1cc(C(C)(C)C)cc(C(C)(C)C)c1O. The quantitative estimate of drug-likeness (QED) is 0.292. The summed E-state index contributed by atoms with van der Waals surface area (Å²) in [5.74, 6) is 0.368. The molecule has 4 heteroatoms. The number of carbonyl (C=O) groups is 1. The van der Waals surface area contributed by atoms with E-state index >= 15 is 0 Å². The van der Waals surface area contributed by atoms with E-state index in [4.69, 9.17) is 4.74 Å². The van der Waals surface area contributed by atoms with E-state index in [1.165, 1.54) is 12.7 Å². The molecule has 0 aromatic heterocycles. The molecule has 4 nitrogen and oxygen atoms in total. The maximum atomic E-state index is 12.0. The smallest absolute Gasteiger partial charge is 0.305 e. The van der Waals surface area contributed by atoms with Gasteiger partial charge in [0.2, 0.25) is 0 Å². The molecule has 0 unspecified atom stereocenters. The summed E-state index contributed by atoms with van der Waals surface area (Å²) in [5, 5.41) is 22.5. The molecule has 0 amide bonds. The fraction of sp³-hybridized carbons (Fsp3) is 0.472. The fourth-order valence-electron chi connectivity index (χ4n) is 5.20. The van der Waals surface area contributed by atoms with Crippen molar-refractivity contribution in [3.05, 3.63) is 81.9 Å². The van der Waals surface area contributed by atoms with Crippen LogP contribution in [0.3, 0.4) is 0 Å². The molecule has 216 valence electrons. The van der Waals surface area contributed by atoms with Gasteiger partial charge in [0.05, 0.1) is 7.11 Å². The molecule has 3 aromatic carbocycles. The van der Waals surface area contributed by atoms with E-state index in [-0.39, 0.29) is 34.4 Å². The highest BCUT2D eigenvalue weighted by molar-refractivity contribution is 5.76. The minimum Gasteiger partial charge on any atom is -0.508 e. The van der Waals surface area contributed by atoms with E-state index in [0.29, 0.717) is 18.6 Å². The zero-order valence-corrected chi connectivity index (χ0v) is 26.2. The first-order valence-electron chi connectivity index (χ1n) is 14.3. The van der Waals surface area contributed by atoms with Crippen LogP contribution in [0.5, 0.6) is 11.5 Å². The van der Waals surface area contributed by atoms with Crippen molar-refractivity contribution in [1.29, 1.82) is 0 Å². The van der Waals surface area contributed by atoms with Crippen LogP contribution in [-0.4, -0.2) is 23.3 Å². The summed E-state index contributed by atoms with van der Waals surface area (Å²) in [5.41, 5.74) is 7.56. The number of aromatic hydroxyl groups is 2. The lowest BCUT2D eigenvalue weighted by molar-refractivity contribution is -0.140.